The zero-order valence-electron chi connectivity index (χ0n) is 16.2. The maximum atomic E-state index is 12.7. The van der Waals surface area contributed by atoms with E-state index in [4.69, 9.17) is 0 Å². The normalized spacial score (nSPS) is 15.4. The third-order valence-corrected chi connectivity index (χ3v) is 6.09. The van der Waals surface area contributed by atoms with Crippen molar-refractivity contribution in [2.24, 2.45) is 0 Å². The van der Waals surface area contributed by atoms with Gasteiger partial charge in [0.1, 0.15) is 0 Å². The molecule has 2 aromatic heterocycles. The van der Waals surface area contributed by atoms with Crippen molar-refractivity contribution in [3.05, 3.63) is 70.8 Å². The number of likely N-dealkylation sites (tertiary alicyclic amines) is 1. The van der Waals surface area contributed by atoms with Gasteiger partial charge < -0.3 is 14.9 Å². The van der Waals surface area contributed by atoms with Gasteiger partial charge in [-0.1, -0.05) is 30.3 Å². The molecule has 1 aliphatic heterocycles. The van der Waals surface area contributed by atoms with E-state index in [0.29, 0.717) is 19.5 Å². The highest BCUT2D eigenvalue weighted by Crippen LogP contribution is 2.26. The topological polar surface area (TPSA) is 73.9 Å². The molecule has 1 saturated heterocycles. The van der Waals surface area contributed by atoms with E-state index in [0.717, 1.165) is 35.8 Å². The number of hydrogen-bond acceptors (Lipinski definition) is 2. The standard InChI is InChI=1S/C23H24N4O2/c28-22(10-9-16-15-24-19-6-2-1-5-18(16)19)26-13-11-17(12-14-26)27-21-8-4-3-7-20(21)25-23(27)29/h1-8,15,17,24H,9-14H2,(H,25,29). The number of aromatic amines is 2. The molecular weight excluding hydrogens is 364 g/mol. The summed E-state index contributed by atoms with van der Waals surface area (Å²) in [5.74, 6) is 0.194. The number of aryl methyl sites for hydroxylation is 1. The number of hydrogen-bond donors (Lipinski definition) is 2. The summed E-state index contributed by atoms with van der Waals surface area (Å²) >= 11 is 0. The monoisotopic (exact) mass is 388 g/mol. The SMILES string of the molecule is O=C(CCc1c[nH]c2ccccc12)N1CCC(n2c(=O)[nH]c3ccccc32)CC1. The summed E-state index contributed by atoms with van der Waals surface area (Å²) in [4.78, 5) is 33.3. The third kappa shape index (κ3) is 3.24. The first-order chi connectivity index (χ1) is 14.2. The molecule has 6 heteroatoms. The van der Waals surface area contributed by atoms with Crippen LogP contribution in [0.2, 0.25) is 0 Å². The maximum Gasteiger partial charge on any atom is 0.326 e. The molecule has 29 heavy (non-hydrogen) atoms. The maximum absolute atomic E-state index is 12.7. The molecule has 1 fully saturated rings. The van der Waals surface area contributed by atoms with Crippen LogP contribution >= 0.6 is 0 Å². The number of nitrogens with zero attached hydrogens (tertiary/aromatic N) is 2. The van der Waals surface area contributed by atoms with Crippen LogP contribution in [-0.2, 0) is 11.2 Å². The smallest absolute Gasteiger partial charge is 0.326 e. The number of nitrogens with one attached hydrogen (secondary N) is 2. The molecule has 0 saturated carbocycles. The van der Waals surface area contributed by atoms with Crippen LogP contribution in [0.5, 0.6) is 0 Å². The molecule has 1 aliphatic rings. The molecule has 0 bridgehead atoms. The summed E-state index contributed by atoms with van der Waals surface area (Å²) in [5.41, 5.74) is 4.06. The minimum Gasteiger partial charge on any atom is -0.361 e. The van der Waals surface area contributed by atoms with Gasteiger partial charge in [-0.3, -0.25) is 9.36 Å². The number of H-pyrrole nitrogens is 2. The molecule has 6 nitrogen and oxygen atoms in total. The second-order valence-electron chi connectivity index (χ2n) is 7.79. The second-order valence-corrected chi connectivity index (χ2v) is 7.79. The lowest BCUT2D eigenvalue weighted by Crippen LogP contribution is -2.40. The predicted molar refractivity (Wildman–Crippen MR) is 114 cm³/mol. The van der Waals surface area contributed by atoms with Crippen LogP contribution in [0.25, 0.3) is 21.9 Å². The van der Waals surface area contributed by atoms with Crippen LogP contribution in [0.3, 0.4) is 0 Å². The second kappa shape index (κ2) is 7.28. The van der Waals surface area contributed by atoms with E-state index >= 15 is 0 Å². The van der Waals surface area contributed by atoms with Gasteiger partial charge in [-0.2, -0.15) is 0 Å². The highest BCUT2D eigenvalue weighted by molar-refractivity contribution is 5.84. The van der Waals surface area contributed by atoms with Crippen molar-refractivity contribution in [3.8, 4) is 0 Å². The van der Waals surface area contributed by atoms with Crippen molar-refractivity contribution in [2.45, 2.75) is 31.7 Å². The minimum absolute atomic E-state index is 0.0599. The summed E-state index contributed by atoms with van der Waals surface area (Å²) in [7, 11) is 0. The molecule has 4 aromatic rings. The molecule has 5 rings (SSSR count). The number of fused-ring (bicyclic) bond motifs is 2. The summed E-state index contributed by atoms with van der Waals surface area (Å²) in [6.07, 6.45) is 4.87. The number of carbonyl (C=O) groups is 1. The van der Waals surface area contributed by atoms with E-state index in [-0.39, 0.29) is 17.6 Å². The number of benzene rings is 2. The molecule has 2 aromatic carbocycles. The number of carbonyl (C=O) groups excluding carboxylic acids is 1. The average Bonchev–Trinajstić information content (AvgIpc) is 3.32. The fraction of sp³-hybridized carbons (Fsp3) is 0.304. The van der Waals surface area contributed by atoms with E-state index in [1.165, 1.54) is 10.9 Å². The fourth-order valence-electron chi connectivity index (χ4n) is 4.55. The van der Waals surface area contributed by atoms with Gasteiger partial charge in [0, 0.05) is 42.7 Å². The minimum atomic E-state index is -0.0599. The molecule has 148 valence electrons. The summed E-state index contributed by atoms with van der Waals surface area (Å²) < 4.78 is 1.86. The predicted octanol–water partition coefficient (Wildman–Crippen LogP) is 3.61. The number of aromatic nitrogens is 3. The number of imidazole rings is 1. The van der Waals surface area contributed by atoms with Crippen LogP contribution in [0.4, 0.5) is 0 Å². The Morgan fingerprint density at radius 3 is 2.55 bits per heavy atom. The Kier molecular flexibility index (Phi) is 4.46. The van der Waals surface area contributed by atoms with Crippen LogP contribution in [-0.4, -0.2) is 38.4 Å². The van der Waals surface area contributed by atoms with Crippen LogP contribution in [0.1, 0.15) is 30.9 Å². The summed E-state index contributed by atoms with van der Waals surface area (Å²) in [6, 6.07) is 16.1. The van der Waals surface area contributed by atoms with Crippen molar-refractivity contribution in [1.29, 1.82) is 0 Å². The van der Waals surface area contributed by atoms with Crippen LogP contribution < -0.4 is 5.69 Å². The van der Waals surface area contributed by atoms with Crippen molar-refractivity contribution in [1.82, 2.24) is 19.4 Å². The quantitative estimate of drug-likeness (QED) is 0.560. The van der Waals surface area contributed by atoms with Gasteiger partial charge in [-0.15, -0.1) is 0 Å². The Balaban J connectivity index is 1.23. The van der Waals surface area contributed by atoms with Crippen LogP contribution in [0.15, 0.2) is 59.5 Å². The number of piperidine rings is 1. The molecule has 3 heterocycles. The Hall–Kier alpha value is -3.28. The van der Waals surface area contributed by atoms with Crippen LogP contribution in [0, 0.1) is 0 Å². The molecule has 0 unspecified atom stereocenters. The van der Waals surface area contributed by atoms with Gasteiger partial charge in [0.25, 0.3) is 0 Å². The van der Waals surface area contributed by atoms with Gasteiger partial charge in [0.15, 0.2) is 0 Å². The zero-order valence-corrected chi connectivity index (χ0v) is 16.2. The first-order valence-corrected chi connectivity index (χ1v) is 10.2. The van der Waals surface area contributed by atoms with Gasteiger partial charge in [0.2, 0.25) is 5.91 Å². The highest BCUT2D eigenvalue weighted by atomic mass is 16.2. The summed E-state index contributed by atoms with van der Waals surface area (Å²) in [6.45, 7) is 1.40. The lowest BCUT2D eigenvalue weighted by atomic mass is 10.0. The average molecular weight is 388 g/mol. The lowest BCUT2D eigenvalue weighted by Gasteiger charge is -2.32. The molecule has 0 aliphatic carbocycles. The molecule has 0 spiro atoms. The molecule has 0 atom stereocenters. The number of amides is 1. The van der Waals surface area contributed by atoms with Gasteiger partial charge in [-0.25, -0.2) is 4.79 Å². The Morgan fingerprint density at radius 1 is 1.00 bits per heavy atom. The fourth-order valence-corrected chi connectivity index (χ4v) is 4.55. The lowest BCUT2D eigenvalue weighted by molar-refractivity contribution is -0.132. The van der Waals surface area contributed by atoms with E-state index in [1.807, 2.05) is 52.1 Å². The van der Waals surface area contributed by atoms with Gasteiger partial charge in [0.05, 0.1) is 11.0 Å². The Labute approximate surface area is 168 Å². The van der Waals surface area contributed by atoms with Gasteiger partial charge >= 0.3 is 5.69 Å². The van der Waals surface area contributed by atoms with Crippen molar-refractivity contribution in [3.63, 3.8) is 0 Å². The van der Waals surface area contributed by atoms with E-state index < -0.39 is 0 Å². The first-order valence-electron chi connectivity index (χ1n) is 10.2. The van der Waals surface area contributed by atoms with E-state index in [2.05, 4.69) is 22.1 Å². The van der Waals surface area contributed by atoms with Gasteiger partial charge in [-0.05, 0) is 43.0 Å². The number of rotatable bonds is 4. The Bertz CT molecular complexity index is 1220. The zero-order chi connectivity index (χ0) is 19.8. The Morgan fingerprint density at radius 2 is 1.72 bits per heavy atom. The van der Waals surface area contributed by atoms with Crippen molar-refractivity contribution in [2.75, 3.05) is 13.1 Å². The van der Waals surface area contributed by atoms with E-state index in [9.17, 15) is 9.59 Å². The van der Waals surface area contributed by atoms with Crippen molar-refractivity contribution >= 4 is 27.8 Å². The number of para-hydroxylation sites is 3. The molecule has 1 amide bonds. The van der Waals surface area contributed by atoms with Crippen molar-refractivity contribution < 1.29 is 4.79 Å². The van der Waals surface area contributed by atoms with E-state index in [1.54, 1.807) is 0 Å². The molecular formula is C23H24N4O2. The molecule has 2 N–H and O–H groups in total. The molecule has 0 radical (unpaired) electrons. The largest absolute Gasteiger partial charge is 0.361 e. The highest BCUT2D eigenvalue weighted by Gasteiger charge is 2.25. The first kappa shape index (κ1) is 17.8. The third-order valence-electron chi connectivity index (χ3n) is 6.09. The summed E-state index contributed by atoms with van der Waals surface area (Å²) in [5, 5.41) is 1.19.